The molecule has 9 nitrogen and oxygen atoms in total. The van der Waals surface area contributed by atoms with Crippen molar-refractivity contribution in [2.75, 3.05) is 18.5 Å². The van der Waals surface area contributed by atoms with Gasteiger partial charge in [-0.2, -0.15) is 0 Å². The van der Waals surface area contributed by atoms with E-state index in [1.165, 1.54) is 6.20 Å². The van der Waals surface area contributed by atoms with E-state index < -0.39 is 5.97 Å². The lowest BCUT2D eigenvalue weighted by Crippen LogP contribution is -2.33. The molecule has 1 aromatic carbocycles. The van der Waals surface area contributed by atoms with E-state index in [2.05, 4.69) is 34.4 Å². The molecular formula is C27H28N4O5. The number of fused-ring (bicyclic) bond motifs is 1. The van der Waals surface area contributed by atoms with E-state index in [4.69, 9.17) is 14.3 Å². The van der Waals surface area contributed by atoms with Crippen LogP contribution in [-0.2, 0) is 4.79 Å². The number of aromatic nitrogens is 2. The minimum atomic E-state index is -0.965. The molecule has 4 rings (SSSR count). The van der Waals surface area contributed by atoms with Crippen molar-refractivity contribution in [3.8, 4) is 17.2 Å². The number of benzene rings is 1. The number of amides is 1. The van der Waals surface area contributed by atoms with E-state index in [0.29, 0.717) is 23.9 Å². The van der Waals surface area contributed by atoms with Crippen LogP contribution in [0.5, 0.6) is 5.88 Å². The minimum absolute atomic E-state index is 0.0513. The first kappa shape index (κ1) is 24.7. The summed E-state index contributed by atoms with van der Waals surface area (Å²) in [5, 5.41) is 15.6. The summed E-state index contributed by atoms with van der Waals surface area (Å²) in [4.78, 5) is 31.4. The highest BCUT2D eigenvalue weighted by atomic mass is 16.5. The molecule has 0 radical (unpaired) electrons. The van der Waals surface area contributed by atoms with E-state index in [1.807, 2.05) is 42.5 Å². The van der Waals surface area contributed by atoms with Gasteiger partial charge >= 0.3 is 5.97 Å². The Bertz CT molecular complexity index is 1280. The molecule has 186 valence electrons. The van der Waals surface area contributed by atoms with Crippen molar-refractivity contribution >= 4 is 28.7 Å². The smallest absolute Gasteiger partial charge is 0.305 e. The highest BCUT2D eigenvalue weighted by Crippen LogP contribution is 2.28. The normalized spacial score (nSPS) is 11.9. The van der Waals surface area contributed by atoms with Crippen LogP contribution in [0.25, 0.3) is 22.3 Å². The zero-order valence-electron chi connectivity index (χ0n) is 20.1. The first-order valence-electron chi connectivity index (χ1n) is 11.7. The number of nitrogens with one attached hydrogen (secondary N) is 2. The number of rotatable bonds is 11. The molecule has 36 heavy (non-hydrogen) atoms. The van der Waals surface area contributed by atoms with E-state index in [1.54, 1.807) is 18.3 Å². The van der Waals surface area contributed by atoms with Gasteiger partial charge in [0.15, 0.2) is 0 Å². The predicted molar refractivity (Wildman–Crippen MR) is 136 cm³/mol. The number of ether oxygens (including phenoxy) is 1. The summed E-state index contributed by atoms with van der Waals surface area (Å²) < 4.78 is 11.8. The minimum Gasteiger partial charge on any atom is -0.481 e. The van der Waals surface area contributed by atoms with Crippen LogP contribution in [0.1, 0.15) is 30.6 Å². The van der Waals surface area contributed by atoms with E-state index in [0.717, 1.165) is 22.3 Å². The van der Waals surface area contributed by atoms with Crippen molar-refractivity contribution < 1.29 is 23.8 Å². The van der Waals surface area contributed by atoms with Gasteiger partial charge in [0, 0.05) is 36.0 Å². The third-order valence-electron chi connectivity index (χ3n) is 5.65. The molecule has 0 fully saturated rings. The van der Waals surface area contributed by atoms with Gasteiger partial charge in [-0.05, 0) is 36.2 Å². The Morgan fingerprint density at radius 3 is 2.56 bits per heavy atom. The molecule has 0 unspecified atom stereocenters. The molecule has 0 aliphatic rings. The first-order valence-corrected chi connectivity index (χ1v) is 11.7. The summed E-state index contributed by atoms with van der Waals surface area (Å²) >= 11 is 0. The van der Waals surface area contributed by atoms with Crippen LogP contribution >= 0.6 is 0 Å². The molecule has 0 aliphatic carbocycles. The molecular weight excluding hydrogens is 460 g/mol. The Morgan fingerprint density at radius 2 is 1.89 bits per heavy atom. The Morgan fingerprint density at radius 1 is 1.06 bits per heavy atom. The zero-order chi connectivity index (χ0) is 25.5. The number of anilines is 1. The van der Waals surface area contributed by atoms with Gasteiger partial charge in [0.25, 0.3) is 5.91 Å². The standard InChI is InChI=1S/C27H28N4O5/c1-17(2)21(31-24-9-7-20(15-29-24)27(34)28-12-11-26(32)33)16-35-25-10-8-19(14-30-25)23-13-18-5-3-4-6-22(18)36-23/h3-10,13-15,17,21H,11-12,16H2,1-2H3,(H,28,34)(H,29,31)(H,32,33)/t21-/m1/s1. The molecule has 9 heteroatoms. The SMILES string of the molecule is CC(C)[C@@H](COc1ccc(-c2cc3ccccc3o2)cn1)Nc1ccc(C(=O)NCCC(=O)O)cn1. The molecule has 0 bridgehead atoms. The second-order valence-electron chi connectivity index (χ2n) is 8.67. The maximum absolute atomic E-state index is 12.1. The van der Waals surface area contributed by atoms with Gasteiger partial charge in [0.2, 0.25) is 5.88 Å². The molecule has 1 atom stereocenters. The highest BCUT2D eigenvalue weighted by Gasteiger charge is 2.16. The van der Waals surface area contributed by atoms with Crippen LogP contribution in [0, 0.1) is 5.92 Å². The molecule has 4 aromatic rings. The van der Waals surface area contributed by atoms with Gasteiger partial charge in [-0.1, -0.05) is 32.0 Å². The van der Waals surface area contributed by atoms with Crippen molar-refractivity contribution in [2.45, 2.75) is 26.3 Å². The molecule has 1 amide bonds. The number of pyridine rings is 2. The van der Waals surface area contributed by atoms with Gasteiger partial charge < -0.3 is 24.9 Å². The van der Waals surface area contributed by atoms with E-state index in [9.17, 15) is 9.59 Å². The second-order valence-corrected chi connectivity index (χ2v) is 8.67. The Kier molecular flexibility index (Phi) is 7.79. The van der Waals surface area contributed by atoms with Crippen molar-refractivity contribution in [3.05, 3.63) is 72.6 Å². The van der Waals surface area contributed by atoms with Crippen molar-refractivity contribution in [1.82, 2.24) is 15.3 Å². The van der Waals surface area contributed by atoms with Crippen LogP contribution in [0.2, 0.25) is 0 Å². The van der Waals surface area contributed by atoms with Crippen LogP contribution in [0.4, 0.5) is 5.82 Å². The van der Waals surface area contributed by atoms with Crippen LogP contribution in [0.15, 0.2) is 71.4 Å². The number of para-hydroxylation sites is 1. The monoisotopic (exact) mass is 488 g/mol. The van der Waals surface area contributed by atoms with Gasteiger partial charge in [-0.25, -0.2) is 9.97 Å². The number of aliphatic carboxylic acids is 1. The van der Waals surface area contributed by atoms with E-state index >= 15 is 0 Å². The van der Waals surface area contributed by atoms with Crippen LogP contribution in [-0.4, -0.2) is 46.1 Å². The van der Waals surface area contributed by atoms with Crippen molar-refractivity contribution in [3.63, 3.8) is 0 Å². The van der Waals surface area contributed by atoms with Crippen molar-refractivity contribution in [2.24, 2.45) is 5.92 Å². The summed E-state index contributed by atoms with van der Waals surface area (Å²) in [5.41, 5.74) is 2.06. The lowest BCUT2D eigenvalue weighted by molar-refractivity contribution is -0.136. The number of hydrogen-bond donors (Lipinski definition) is 3. The highest BCUT2D eigenvalue weighted by molar-refractivity contribution is 5.94. The molecule has 3 N–H and O–H groups in total. The quantitative estimate of drug-likeness (QED) is 0.279. The number of carbonyl (C=O) groups excluding carboxylic acids is 1. The van der Waals surface area contributed by atoms with Gasteiger partial charge in [-0.15, -0.1) is 0 Å². The predicted octanol–water partition coefficient (Wildman–Crippen LogP) is 4.61. The number of nitrogens with zero attached hydrogens (tertiary/aromatic N) is 2. The summed E-state index contributed by atoms with van der Waals surface area (Å²) in [6.07, 6.45) is 3.05. The lowest BCUT2D eigenvalue weighted by atomic mass is 10.1. The maximum Gasteiger partial charge on any atom is 0.305 e. The Hall–Kier alpha value is -4.40. The largest absolute Gasteiger partial charge is 0.481 e. The third-order valence-corrected chi connectivity index (χ3v) is 5.65. The molecule has 0 saturated carbocycles. The molecule has 0 saturated heterocycles. The van der Waals surface area contributed by atoms with Gasteiger partial charge in [0.1, 0.15) is 23.8 Å². The first-order chi connectivity index (χ1) is 17.4. The third kappa shape index (κ3) is 6.38. The fraction of sp³-hybridized carbons (Fsp3) is 0.259. The topological polar surface area (TPSA) is 127 Å². The summed E-state index contributed by atoms with van der Waals surface area (Å²) in [6.45, 7) is 4.58. The maximum atomic E-state index is 12.1. The number of furan rings is 1. The summed E-state index contributed by atoms with van der Waals surface area (Å²) in [7, 11) is 0. The molecule has 0 aliphatic heterocycles. The van der Waals surface area contributed by atoms with E-state index in [-0.39, 0.29) is 30.8 Å². The lowest BCUT2D eigenvalue weighted by Gasteiger charge is -2.23. The number of carboxylic acid groups (broad SMARTS) is 1. The molecule has 0 spiro atoms. The fourth-order valence-corrected chi connectivity index (χ4v) is 3.50. The number of hydrogen-bond acceptors (Lipinski definition) is 7. The van der Waals surface area contributed by atoms with Crippen LogP contribution in [0.3, 0.4) is 0 Å². The average Bonchev–Trinajstić information content (AvgIpc) is 3.31. The van der Waals surface area contributed by atoms with Crippen LogP contribution < -0.4 is 15.4 Å². The van der Waals surface area contributed by atoms with Gasteiger partial charge in [-0.3, -0.25) is 9.59 Å². The average molecular weight is 489 g/mol. The Balaban J connectivity index is 1.32. The van der Waals surface area contributed by atoms with Gasteiger partial charge in [0.05, 0.1) is 18.0 Å². The molecule has 3 aromatic heterocycles. The molecule has 3 heterocycles. The number of carboxylic acids is 1. The zero-order valence-corrected chi connectivity index (χ0v) is 20.1. The Labute approximate surface area is 208 Å². The van der Waals surface area contributed by atoms with Crippen molar-refractivity contribution in [1.29, 1.82) is 0 Å². The number of carbonyl (C=O) groups is 2. The summed E-state index contributed by atoms with van der Waals surface area (Å²) in [5.74, 6) is 0.766. The summed E-state index contributed by atoms with van der Waals surface area (Å²) in [6, 6.07) is 16.9. The fourth-order valence-electron chi connectivity index (χ4n) is 3.50. The second kappa shape index (κ2) is 11.4.